The SMILES string of the molecule is C[C@@H](NC(=O)c1cc(C#N)c[nH]1)C(C)(F)F. The second kappa shape index (κ2) is 4.31. The van der Waals surface area contributed by atoms with Crippen LogP contribution in [0.5, 0.6) is 0 Å². The third-order valence-corrected chi connectivity index (χ3v) is 2.16. The van der Waals surface area contributed by atoms with E-state index in [1.807, 2.05) is 6.07 Å². The maximum atomic E-state index is 12.8. The Labute approximate surface area is 91.3 Å². The fourth-order valence-corrected chi connectivity index (χ4v) is 0.991. The van der Waals surface area contributed by atoms with Crippen molar-refractivity contribution in [3.63, 3.8) is 0 Å². The zero-order valence-corrected chi connectivity index (χ0v) is 8.84. The highest BCUT2D eigenvalue weighted by Crippen LogP contribution is 2.17. The molecule has 2 N–H and O–H groups in total. The monoisotopic (exact) mass is 227 g/mol. The summed E-state index contributed by atoms with van der Waals surface area (Å²) in [5.41, 5.74) is 0.369. The molecule has 0 fully saturated rings. The molecule has 1 heterocycles. The van der Waals surface area contributed by atoms with Crippen LogP contribution in [0.3, 0.4) is 0 Å². The van der Waals surface area contributed by atoms with Gasteiger partial charge in [-0.2, -0.15) is 5.26 Å². The Hall–Kier alpha value is -1.90. The Bertz CT molecular complexity index is 428. The summed E-state index contributed by atoms with van der Waals surface area (Å²) >= 11 is 0. The van der Waals surface area contributed by atoms with Gasteiger partial charge in [0.25, 0.3) is 11.8 Å². The van der Waals surface area contributed by atoms with Crippen LogP contribution in [0.1, 0.15) is 29.9 Å². The molecule has 1 atom stereocenters. The van der Waals surface area contributed by atoms with Gasteiger partial charge in [0.2, 0.25) is 0 Å². The van der Waals surface area contributed by atoms with Gasteiger partial charge in [0.1, 0.15) is 11.8 Å². The number of amides is 1. The number of nitriles is 1. The lowest BCUT2D eigenvalue weighted by atomic mass is 10.2. The Balaban J connectivity index is 2.70. The van der Waals surface area contributed by atoms with Crippen molar-refractivity contribution >= 4 is 5.91 Å². The molecule has 1 aromatic rings. The van der Waals surface area contributed by atoms with Crippen molar-refractivity contribution in [1.82, 2.24) is 10.3 Å². The second-order valence-electron chi connectivity index (χ2n) is 3.57. The molecule has 4 nitrogen and oxygen atoms in total. The average molecular weight is 227 g/mol. The molecule has 0 saturated carbocycles. The van der Waals surface area contributed by atoms with E-state index in [1.54, 1.807) is 0 Å². The number of nitrogens with one attached hydrogen (secondary N) is 2. The summed E-state index contributed by atoms with van der Waals surface area (Å²) in [7, 11) is 0. The van der Waals surface area contributed by atoms with Gasteiger partial charge in [-0.1, -0.05) is 0 Å². The second-order valence-corrected chi connectivity index (χ2v) is 3.57. The van der Waals surface area contributed by atoms with Gasteiger partial charge >= 0.3 is 0 Å². The smallest absolute Gasteiger partial charge is 0.268 e. The Morgan fingerprint density at radius 2 is 2.31 bits per heavy atom. The number of carbonyl (C=O) groups excluding carboxylic acids is 1. The first kappa shape index (κ1) is 12.2. The van der Waals surface area contributed by atoms with Crippen LogP contribution >= 0.6 is 0 Å². The van der Waals surface area contributed by atoms with Crippen LogP contribution in [-0.2, 0) is 0 Å². The summed E-state index contributed by atoms with van der Waals surface area (Å²) < 4.78 is 25.6. The van der Waals surface area contributed by atoms with Crippen molar-refractivity contribution in [2.45, 2.75) is 25.8 Å². The van der Waals surface area contributed by atoms with Crippen molar-refractivity contribution in [2.24, 2.45) is 0 Å². The highest BCUT2D eigenvalue weighted by atomic mass is 19.3. The van der Waals surface area contributed by atoms with E-state index in [1.165, 1.54) is 19.2 Å². The lowest BCUT2D eigenvalue weighted by Gasteiger charge is -2.20. The molecule has 6 heteroatoms. The van der Waals surface area contributed by atoms with Crippen molar-refractivity contribution in [2.75, 3.05) is 0 Å². The number of nitrogens with zero attached hydrogens (tertiary/aromatic N) is 1. The number of hydrogen-bond donors (Lipinski definition) is 2. The lowest BCUT2D eigenvalue weighted by molar-refractivity contribution is -0.0108. The standard InChI is InChI=1S/C10H11F2N3O/c1-6(10(2,11)12)15-9(16)8-3-7(4-13)5-14-8/h3,5-6,14H,1-2H3,(H,15,16)/t6-/m1/s1. The van der Waals surface area contributed by atoms with Gasteiger partial charge in [-0.05, 0) is 13.0 Å². The number of carbonyl (C=O) groups is 1. The summed E-state index contributed by atoms with van der Waals surface area (Å²) in [6.45, 7) is 1.94. The van der Waals surface area contributed by atoms with Crippen LogP contribution in [0.2, 0.25) is 0 Å². The number of halogens is 2. The molecule has 0 spiro atoms. The molecular weight excluding hydrogens is 216 g/mol. The van der Waals surface area contributed by atoms with E-state index < -0.39 is 17.9 Å². The zero-order chi connectivity index (χ0) is 12.3. The molecule has 0 aromatic carbocycles. The molecule has 0 aliphatic rings. The van der Waals surface area contributed by atoms with Gasteiger partial charge in [0, 0.05) is 13.1 Å². The Morgan fingerprint density at radius 1 is 1.69 bits per heavy atom. The summed E-state index contributed by atoms with van der Waals surface area (Å²) in [5, 5.41) is 10.7. The first-order valence-electron chi connectivity index (χ1n) is 4.62. The average Bonchev–Trinajstić information content (AvgIpc) is 2.64. The molecule has 0 saturated heterocycles. The van der Waals surface area contributed by atoms with E-state index in [4.69, 9.17) is 5.26 Å². The van der Waals surface area contributed by atoms with Gasteiger partial charge in [0.05, 0.1) is 11.6 Å². The number of aromatic amines is 1. The molecular formula is C10H11F2N3O. The predicted octanol–water partition coefficient (Wildman–Crippen LogP) is 1.66. The number of alkyl halides is 2. The normalized spacial score (nSPS) is 12.9. The van der Waals surface area contributed by atoms with Gasteiger partial charge < -0.3 is 10.3 Å². The van der Waals surface area contributed by atoms with Crippen LogP contribution in [0.15, 0.2) is 12.3 Å². The number of rotatable bonds is 3. The maximum absolute atomic E-state index is 12.8. The fourth-order valence-electron chi connectivity index (χ4n) is 0.991. The molecule has 0 radical (unpaired) electrons. The molecule has 0 bridgehead atoms. The van der Waals surface area contributed by atoms with Crippen LogP contribution in [0.25, 0.3) is 0 Å². The molecule has 16 heavy (non-hydrogen) atoms. The highest BCUT2D eigenvalue weighted by Gasteiger charge is 2.31. The van der Waals surface area contributed by atoms with E-state index in [0.717, 1.165) is 6.92 Å². The van der Waals surface area contributed by atoms with Gasteiger partial charge in [-0.25, -0.2) is 8.78 Å². The molecule has 1 aromatic heterocycles. The highest BCUT2D eigenvalue weighted by molar-refractivity contribution is 5.93. The maximum Gasteiger partial charge on any atom is 0.268 e. The fraction of sp³-hybridized carbons (Fsp3) is 0.400. The molecule has 1 amide bonds. The quantitative estimate of drug-likeness (QED) is 0.824. The Kier molecular flexibility index (Phi) is 3.28. The van der Waals surface area contributed by atoms with E-state index in [-0.39, 0.29) is 11.3 Å². The number of H-pyrrole nitrogens is 1. The molecule has 86 valence electrons. The molecule has 0 aliphatic carbocycles. The third-order valence-electron chi connectivity index (χ3n) is 2.16. The first-order chi connectivity index (χ1) is 7.34. The third kappa shape index (κ3) is 2.79. The van der Waals surface area contributed by atoms with Crippen molar-refractivity contribution in [1.29, 1.82) is 5.26 Å². The van der Waals surface area contributed by atoms with Gasteiger partial charge in [0.15, 0.2) is 0 Å². The van der Waals surface area contributed by atoms with Crippen molar-refractivity contribution < 1.29 is 13.6 Å². The number of hydrogen-bond acceptors (Lipinski definition) is 2. The summed E-state index contributed by atoms with van der Waals surface area (Å²) in [6.07, 6.45) is 1.34. The lowest BCUT2D eigenvalue weighted by Crippen LogP contribution is -2.43. The minimum atomic E-state index is -2.99. The van der Waals surface area contributed by atoms with Gasteiger partial charge in [-0.15, -0.1) is 0 Å². The van der Waals surface area contributed by atoms with E-state index >= 15 is 0 Å². The zero-order valence-electron chi connectivity index (χ0n) is 8.84. The van der Waals surface area contributed by atoms with Crippen LogP contribution in [-0.4, -0.2) is 22.9 Å². The molecule has 0 aliphatic heterocycles. The van der Waals surface area contributed by atoms with Gasteiger partial charge in [-0.3, -0.25) is 4.79 Å². The summed E-state index contributed by atoms with van der Waals surface area (Å²) in [5.74, 6) is -3.64. The first-order valence-corrected chi connectivity index (χ1v) is 4.62. The predicted molar refractivity (Wildman–Crippen MR) is 53.1 cm³/mol. The van der Waals surface area contributed by atoms with Crippen LogP contribution < -0.4 is 5.32 Å². The molecule has 0 unspecified atom stereocenters. The summed E-state index contributed by atoms with van der Waals surface area (Å²) in [6, 6.07) is 1.86. The van der Waals surface area contributed by atoms with E-state index in [2.05, 4.69) is 10.3 Å². The van der Waals surface area contributed by atoms with E-state index in [9.17, 15) is 13.6 Å². The minimum Gasteiger partial charge on any atom is -0.356 e. The molecule has 1 rings (SSSR count). The van der Waals surface area contributed by atoms with Crippen molar-refractivity contribution in [3.8, 4) is 6.07 Å². The van der Waals surface area contributed by atoms with Crippen LogP contribution in [0.4, 0.5) is 8.78 Å². The Morgan fingerprint density at radius 3 is 2.75 bits per heavy atom. The van der Waals surface area contributed by atoms with Crippen LogP contribution in [0, 0.1) is 11.3 Å². The summed E-state index contributed by atoms with van der Waals surface area (Å²) in [4.78, 5) is 14.0. The van der Waals surface area contributed by atoms with E-state index in [0.29, 0.717) is 0 Å². The number of aromatic nitrogens is 1. The topological polar surface area (TPSA) is 68.7 Å². The van der Waals surface area contributed by atoms with Crippen molar-refractivity contribution in [3.05, 3.63) is 23.5 Å². The largest absolute Gasteiger partial charge is 0.356 e. The minimum absolute atomic E-state index is 0.0904.